The van der Waals surface area contributed by atoms with Gasteiger partial charge in [-0.25, -0.2) is 0 Å². The monoisotopic (exact) mass is 262 g/mol. The Morgan fingerprint density at radius 3 is 2.89 bits per heavy atom. The number of carbonyl (C=O) groups excluding carboxylic acids is 1. The van der Waals surface area contributed by atoms with Crippen LogP contribution in [0.15, 0.2) is 24.3 Å². The molecule has 0 heterocycles. The second-order valence-corrected chi connectivity index (χ2v) is 5.54. The summed E-state index contributed by atoms with van der Waals surface area (Å²) in [6, 6.07) is 7.71. The highest BCUT2D eigenvalue weighted by Gasteiger charge is 2.44. The summed E-state index contributed by atoms with van der Waals surface area (Å²) in [5.74, 6) is 0.194. The summed E-state index contributed by atoms with van der Waals surface area (Å²) in [5, 5.41) is 11.7. The van der Waals surface area contributed by atoms with E-state index in [1.54, 1.807) is 6.92 Å². The van der Waals surface area contributed by atoms with Gasteiger partial charge in [-0.05, 0) is 56.2 Å². The first-order valence-corrected chi connectivity index (χ1v) is 6.84. The van der Waals surface area contributed by atoms with Crippen LogP contribution in [0, 0.1) is 5.92 Å². The van der Waals surface area contributed by atoms with Gasteiger partial charge in [0.05, 0.1) is 5.54 Å². The molecule has 1 atom stereocenters. The number of nitrogens with one attached hydrogen (secondary N) is 1. The molecular formula is C15H22N2O2. The van der Waals surface area contributed by atoms with Gasteiger partial charge in [-0.15, -0.1) is 0 Å². The van der Waals surface area contributed by atoms with E-state index in [0.717, 1.165) is 36.9 Å². The van der Waals surface area contributed by atoms with Gasteiger partial charge in [0, 0.05) is 12.3 Å². The summed E-state index contributed by atoms with van der Waals surface area (Å²) in [7, 11) is 0. The molecule has 2 rings (SSSR count). The van der Waals surface area contributed by atoms with Crippen molar-refractivity contribution in [2.45, 2.75) is 38.1 Å². The normalized spacial score (nSPS) is 17.8. The van der Waals surface area contributed by atoms with Crippen LogP contribution in [0.5, 0.6) is 0 Å². The Balaban J connectivity index is 2.00. The lowest BCUT2D eigenvalue weighted by Gasteiger charge is -2.23. The summed E-state index contributed by atoms with van der Waals surface area (Å²) < 4.78 is 0. The molecule has 1 fully saturated rings. The van der Waals surface area contributed by atoms with Gasteiger partial charge in [0.2, 0.25) is 5.91 Å². The third kappa shape index (κ3) is 3.55. The molecule has 0 aromatic heterocycles. The maximum absolute atomic E-state index is 12.2. The van der Waals surface area contributed by atoms with Crippen LogP contribution in [-0.4, -0.2) is 23.2 Å². The molecule has 0 spiro atoms. The molecule has 1 unspecified atom stereocenters. The van der Waals surface area contributed by atoms with Crippen molar-refractivity contribution in [2.75, 3.05) is 11.9 Å². The standard InChI is InChI=1S/C15H22N2O2/c1-15(16,12-7-8-12)14(19)17-13-6-2-4-11(10-13)5-3-9-18/h2,4,6,10,12,18H,3,5,7-9,16H2,1H3,(H,17,19). The molecule has 0 saturated heterocycles. The summed E-state index contributed by atoms with van der Waals surface area (Å²) in [6.45, 7) is 1.98. The number of aryl methyl sites for hydroxylation is 1. The molecule has 4 heteroatoms. The number of aliphatic hydroxyl groups excluding tert-OH is 1. The SMILES string of the molecule is CC(N)(C(=O)Nc1cccc(CCCO)c1)C1CC1. The fraction of sp³-hybridized carbons (Fsp3) is 0.533. The Morgan fingerprint density at radius 1 is 1.53 bits per heavy atom. The van der Waals surface area contributed by atoms with E-state index in [2.05, 4.69) is 5.32 Å². The van der Waals surface area contributed by atoms with E-state index in [1.165, 1.54) is 0 Å². The lowest BCUT2D eigenvalue weighted by atomic mass is 9.96. The molecule has 1 aliphatic rings. The van der Waals surface area contributed by atoms with Gasteiger partial charge in [-0.3, -0.25) is 4.79 Å². The molecule has 1 saturated carbocycles. The first kappa shape index (κ1) is 14.0. The second kappa shape index (κ2) is 5.72. The second-order valence-electron chi connectivity index (χ2n) is 5.54. The zero-order chi connectivity index (χ0) is 13.9. The summed E-state index contributed by atoms with van der Waals surface area (Å²) in [6.07, 6.45) is 3.62. The number of hydrogen-bond donors (Lipinski definition) is 3. The van der Waals surface area contributed by atoms with Gasteiger partial charge in [0.15, 0.2) is 0 Å². The van der Waals surface area contributed by atoms with Crippen LogP contribution in [0.1, 0.15) is 31.7 Å². The van der Waals surface area contributed by atoms with Crippen LogP contribution in [0.25, 0.3) is 0 Å². The number of nitrogens with two attached hydrogens (primary N) is 1. The van der Waals surface area contributed by atoms with Crippen molar-refractivity contribution in [3.63, 3.8) is 0 Å². The number of rotatable bonds is 6. The van der Waals surface area contributed by atoms with E-state index < -0.39 is 5.54 Å². The first-order valence-electron chi connectivity index (χ1n) is 6.84. The van der Waals surface area contributed by atoms with Crippen LogP contribution >= 0.6 is 0 Å². The van der Waals surface area contributed by atoms with Crippen molar-refractivity contribution < 1.29 is 9.90 Å². The lowest BCUT2D eigenvalue weighted by Crippen LogP contribution is -2.50. The lowest BCUT2D eigenvalue weighted by molar-refractivity contribution is -0.121. The van der Waals surface area contributed by atoms with E-state index in [4.69, 9.17) is 10.8 Å². The van der Waals surface area contributed by atoms with Crippen LogP contribution in [0.3, 0.4) is 0 Å². The fourth-order valence-electron chi connectivity index (χ4n) is 2.22. The van der Waals surface area contributed by atoms with Crippen molar-refractivity contribution in [1.29, 1.82) is 0 Å². The predicted octanol–water partition coefficient (Wildman–Crippen LogP) is 1.68. The average molecular weight is 262 g/mol. The maximum Gasteiger partial charge on any atom is 0.244 e. The van der Waals surface area contributed by atoms with E-state index >= 15 is 0 Å². The minimum absolute atomic E-state index is 0.116. The molecule has 4 N–H and O–H groups in total. The van der Waals surface area contributed by atoms with Crippen LogP contribution in [0.2, 0.25) is 0 Å². The molecule has 0 aliphatic heterocycles. The summed E-state index contributed by atoms with van der Waals surface area (Å²) in [5.41, 5.74) is 7.19. The van der Waals surface area contributed by atoms with Gasteiger partial charge in [-0.2, -0.15) is 0 Å². The summed E-state index contributed by atoms with van der Waals surface area (Å²) >= 11 is 0. The van der Waals surface area contributed by atoms with Gasteiger partial charge in [-0.1, -0.05) is 12.1 Å². The Kier molecular flexibility index (Phi) is 4.22. The molecule has 0 bridgehead atoms. The number of anilines is 1. The smallest absolute Gasteiger partial charge is 0.244 e. The Morgan fingerprint density at radius 2 is 2.26 bits per heavy atom. The summed E-state index contributed by atoms with van der Waals surface area (Å²) in [4.78, 5) is 12.2. The van der Waals surface area contributed by atoms with Crippen molar-refractivity contribution in [1.82, 2.24) is 0 Å². The van der Waals surface area contributed by atoms with Crippen LogP contribution in [0.4, 0.5) is 5.69 Å². The third-order valence-electron chi connectivity index (χ3n) is 3.72. The minimum atomic E-state index is -0.777. The first-order chi connectivity index (χ1) is 9.04. The molecule has 1 aromatic carbocycles. The number of carbonyl (C=O) groups is 1. The van der Waals surface area contributed by atoms with Crippen molar-refractivity contribution in [2.24, 2.45) is 11.7 Å². The third-order valence-corrected chi connectivity index (χ3v) is 3.72. The van der Waals surface area contributed by atoms with Gasteiger partial charge in [0.25, 0.3) is 0 Å². The number of benzene rings is 1. The van der Waals surface area contributed by atoms with Crippen LogP contribution < -0.4 is 11.1 Å². The molecule has 1 amide bonds. The molecular weight excluding hydrogens is 240 g/mol. The topological polar surface area (TPSA) is 75.4 Å². The number of aliphatic hydroxyl groups is 1. The zero-order valence-corrected chi connectivity index (χ0v) is 11.4. The molecule has 104 valence electrons. The van der Waals surface area contributed by atoms with Crippen molar-refractivity contribution in [3.05, 3.63) is 29.8 Å². The Hall–Kier alpha value is -1.39. The molecule has 4 nitrogen and oxygen atoms in total. The Labute approximate surface area is 114 Å². The van der Waals surface area contributed by atoms with Crippen molar-refractivity contribution in [3.8, 4) is 0 Å². The highest BCUT2D eigenvalue weighted by atomic mass is 16.2. The predicted molar refractivity (Wildman–Crippen MR) is 75.8 cm³/mol. The van der Waals surface area contributed by atoms with Gasteiger partial charge < -0.3 is 16.2 Å². The highest BCUT2D eigenvalue weighted by Crippen LogP contribution is 2.38. The quantitative estimate of drug-likeness (QED) is 0.730. The zero-order valence-electron chi connectivity index (χ0n) is 11.4. The average Bonchev–Trinajstić information content (AvgIpc) is 3.21. The number of amides is 1. The van der Waals surface area contributed by atoms with Gasteiger partial charge in [0.1, 0.15) is 0 Å². The maximum atomic E-state index is 12.2. The Bertz CT molecular complexity index is 453. The fourth-order valence-corrected chi connectivity index (χ4v) is 2.22. The molecule has 0 radical (unpaired) electrons. The van der Waals surface area contributed by atoms with E-state index in [0.29, 0.717) is 5.92 Å². The van der Waals surface area contributed by atoms with E-state index in [-0.39, 0.29) is 12.5 Å². The highest BCUT2D eigenvalue weighted by molar-refractivity contribution is 5.98. The van der Waals surface area contributed by atoms with Gasteiger partial charge >= 0.3 is 0 Å². The van der Waals surface area contributed by atoms with E-state index in [1.807, 2.05) is 24.3 Å². The molecule has 19 heavy (non-hydrogen) atoms. The largest absolute Gasteiger partial charge is 0.396 e. The van der Waals surface area contributed by atoms with Crippen LogP contribution in [-0.2, 0) is 11.2 Å². The molecule has 1 aliphatic carbocycles. The minimum Gasteiger partial charge on any atom is -0.396 e. The van der Waals surface area contributed by atoms with E-state index in [9.17, 15) is 4.79 Å². The van der Waals surface area contributed by atoms with Crippen molar-refractivity contribution >= 4 is 11.6 Å². The molecule has 1 aromatic rings. The number of hydrogen-bond acceptors (Lipinski definition) is 3.